The summed E-state index contributed by atoms with van der Waals surface area (Å²) in [4.78, 5) is 29.6. The van der Waals surface area contributed by atoms with Gasteiger partial charge < -0.3 is 9.88 Å². The predicted octanol–water partition coefficient (Wildman–Crippen LogP) is 4.83. The van der Waals surface area contributed by atoms with Crippen molar-refractivity contribution < 1.29 is 4.79 Å². The first-order valence-electron chi connectivity index (χ1n) is 13.1. The fraction of sp³-hybridized carbons (Fsp3) is 0.258. The van der Waals surface area contributed by atoms with Crippen molar-refractivity contribution in [2.24, 2.45) is 7.05 Å². The Balaban J connectivity index is 1.43. The summed E-state index contributed by atoms with van der Waals surface area (Å²) in [6.07, 6.45) is 0.808. The maximum atomic E-state index is 13.6. The summed E-state index contributed by atoms with van der Waals surface area (Å²) < 4.78 is 3.20. The van der Waals surface area contributed by atoms with Crippen LogP contribution in [-0.4, -0.2) is 44.8 Å². The van der Waals surface area contributed by atoms with Gasteiger partial charge in [0.2, 0.25) is 0 Å². The molecule has 1 N–H and O–H groups in total. The lowest BCUT2D eigenvalue weighted by Gasteiger charge is -2.20. The molecule has 194 valence electrons. The van der Waals surface area contributed by atoms with Crippen LogP contribution < -0.4 is 10.9 Å². The van der Waals surface area contributed by atoms with Gasteiger partial charge in [-0.3, -0.25) is 14.5 Å². The second-order valence-electron chi connectivity index (χ2n) is 9.66. The largest absolute Gasteiger partial charge is 0.351 e. The number of aryl methyl sites for hydroxylation is 2. The van der Waals surface area contributed by atoms with Gasteiger partial charge in [0, 0.05) is 43.0 Å². The first-order chi connectivity index (χ1) is 18.5. The molecule has 5 rings (SSSR count). The molecule has 0 radical (unpaired) electrons. The maximum absolute atomic E-state index is 13.6. The highest BCUT2D eigenvalue weighted by Crippen LogP contribution is 2.28. The minimum absolute atomic E-state index is 0.251. The van der Waals surface area contributed by atoms with Crippen molar-refractivity contribution in [3.05, 3.63) is 106 Å². The van der Waals surface area contributed by atoms with Crippen LogP contribution in [0.15, 0.2) is 83.7 Å². The summed E-state index contributed by atoms with van der Waals surface area (Å²) in [6, 6.07) is 25.7. The van der Waals surface area contributed by atoms with Crippen LogP contribution in [0.3, 0.4) is 0 Å². The van der Waals surface area contributed by atoms with Gasteiger partial charge in [-0.1, -0.05) is 73.2 Å². The van der Waals surface area contributed by atoms with E-state index >= 15 is 0 Å². The zero-order chi connectivity index (χ0) is 26.6. The van der Waals surface area contributed by atoms with Crippen LogP contribution >= 0.6 is 0 Å². The van der Waals surface area contributed by atoms with E-state index in [2.05, 4.69) is 46.5 Å². The molecular weight excluding hydrogens is 474 g/mol. The summed E-state index contributed by atoms with van der Waals surface area (Å²) in [5, 5.41) is 9.12. The van der Waals surface area contributed by atoms with Crippen LogP contribution in [-0.2, 0) is 13.6 Å². The normalized spacial score (nSPS) is 11.5. The summed E-state index contributed by atoms with van der Waals surface area (Å²) in [7, 11) is 1.86. The molecule has 0 bridgehead atoms. The molecule has 2 aromatic heterocycles. The summed E-state index contributed by atoms with van der Waals surface area (Å²) in [5.74, 6) is -0.279. The van der Waals surface area contributed by atoms with Crippen molar-refractivity contribution in [3.63, 3.8) is 0 Å². The highest BCUT2D eigenvalue weighted by atomic mass is 16.2. The number of hydrogen-bond donors (Lipinski definition) is 1. The molecule has 0 aliphatic rings. The fourth-order valence-corrected chi connectivity index (χ4v) is 4.98. The number of benzene rings is 3. The summed E-state index contributed by atoms with van der Waals surface area (Å²) >= 11 is 0. The number of aromatic nitrogens is 3. The lowest BCUT2D eigenvalue weighted by atomic mass is 10.1. The van der Waals surface area contributed by atoms with Gasteiger partial charge >= 0.3 is 0 Å². The van der Waals surface area contributed by atoms with E-state index in [-0.39, 0.29) is 17.2 Å². The molecule has 0 aliphatic carbocycles. The van der Waals surface area contributed by atoms with Crippen LogP contribution in [0.4, 0.5) is 0 Å². The lowest BCUT2D eigenvalue weighted by molar-refractivity contribution is 0.0946. The molecule has 7 nitrogen and oxygen atoms in total. The molecule has 38 heavy (non-hydrogen) atoms. The molecule has 0 fully saturated rings. The van der Waals surface area contributed by atoms with E-state index in [1.165, 1.54) is 10.2 Å². The van der Waals surface area contributed by atoms with Gasteiger partial charge in [-0.15, -0.1) is 0 Å². The number of nitrogens with zero attached hydrogens (tertiary/aromatic N) is 4. The van der Waals surface area contributed by atoms with Crippen LogP contribution in [0.2, 0.25) is 0 Å². The molecule has 1 amide bonds. The highest BCUT2D eigenvalue weighted by molar-refractivity contribution is 6.16. The van der Waals surface area contributed by atoms with Crippen LogP contribution in [0.5, 0.6) is 0 Å². The van der Waals surface area contributed by atoms with Crippen LogP contribution in [0.25, 0.3) is 27.5 Å². The van der Waals surface area contributed by atoms with Gasteiger partial charge in [0.15, 0.2) is 5.69 Å². The zero-order valence-corrected chi connectivity index (χ0v) is 22.1. The second-order valence-corrected chi connectivity index (χ2v) is 9.66. The first-order valence-corrected chi connectivity index (χ1v) is 13.1. The summed E-state index contributed by atoms with van der Waals surface area (Å²) in [6.45, 7) is 7.34. The van der Waals surface area contributed by atoms with Crippen LogP contribution in [0.1, 0.15) is 35.0 Å². The lowest BCUT2D eigenvalue weighted by Crippen LogP contribution is -2.32. The molecule has 0 saturated heterocycles. The highest BCUT2D eigenvalue weighted by Gasteiger charge is 2.23. The smallest absolute Gasteiger partial charge is 0.296 e. The minimum Gasteiger partial charge on any atom is -0.351 e. The van der Waals surface area contributed by atoms with E-state index in [9.17, 15) is 9.59 Å². The monoisotopic (exact) mass is 507 g/mol. The SMILES string of the molecule is CCN(CCCNC(=O)c1nn(-c2ccc(C)cc2)c(=O)c2c1c1ccccc1n2C)Cc1ccccc1. The predicted molar refractivity (Wildman–Crippen MR) is 153 cm³/mol. The third kappa shape index (κ3) is 4.97. The third-order valence-corrected chi connectivity index (χ3v) is 7.07. The van der Waals surface area contributed by atoms with Crippen molar-refractivity contribution in [1.29, 1.82) is 0 Å². The van der Waals surface area contributed by atoms with E-state index < -0.39 is 0 Å². The Kier molecular flexibility index (Phi) is 7.38. The van der Waals surface area contributed by atoms with Crippen molar-refractivity contribution in [3.8, 4) is 5.69 Å². The summed E-state index contributed by atoms with van der Waals surface area (Å²) in [5.41, 5.74) is 4.34. The number of carbonyl (C=O) groups is 1. The molecule has 5 aromatic rings. The Morgan fingerprint density at radius 2 is 1.68 bits per heavy atom. The molecule has 0 atom stereocenters. The Morgan fingerprint density at radius 1 is 0.974 bits per heavy atom. The van der Waals surface area contributed by atoms with Gasteiger partial charge in [0.25, 0.3) is 11.5 Å². The van der Waals surface area contributed by atoms with Crippen molar-refractivity contribution >= 4 is 27.7 Å². The maximum Gasteiger partial charge on any atom is 0.296 e. The van der Waals surface area contributed by atoms with Crippen molar-refractivity contribution in [2.75, 3.05) is 19.6 Å². The van der Waals surface area contributed by atoms with Gasteiger partial charge in [0.05, 0.1) is 5.69 Å². The number of fused-ring (bicyclic) bond motifs is 3. The Morgan fingerprint density at radius 3 is 2.42 bits per heavy atom. The fourth-order valence-electron chi connectivity index (χ4n) is 4.98. The molecular formula is C31H33N5O2. The van der Waals surface area contributed by atoms with Gasteiger partial charge in [-0.25, -0.2) is 0 Å². The molecule has 0 unspecified atom stereocenters. The molecule has 0 spiro atoms. The van der Waals surface area contributed by atoms with Gasteiger partial charge in [0.1, 0.15) is 5.52 Å². The minimum atomic E-state index is -0.279. The number of para-hydroxylation sites is 1. The van der Waals surface area contributed by atoms with E-state index in [0.29, 0.717) is 23.1 Å². The van der Waals surface area contributed by atoms with E-state index in [1.807, 2.05) is 73.1 Å². The number of hydrogen-bond acceptors (Lipinski definition) is 4. The number of carbonyl (C=O) groups excluding carboxylic acids is 1. The molecule has 7 heteroatoms. The van der Waals surface area contributed by atoms with E-state index in [4.69, 9.17) is 0 Å². The topological polar surface area (TPSA) is 72.2 Å². The second kappa shape index (κ2) is 11.0. The Labute approximate surface area is 222 Å². The van der Waals surface area contributed by atoms with E-state index in [0.717, 1.165) is 42.5 Å². The van der Waals surface area contributed by atoms with Crippen molar-refractivity contribution in [1.82, 2.24) is 24.6 Å². The number of amides is 1. The molecule has 3 aromatic carbocycles. The average Bonchev–Trinajstić information content (AvgIpc) is 3.24. The number of rotatable bonds is 9. The Hall–Kier alpha value is -4.23. The van der Waals surface area contributed by atoms with E-state index in [1.54, 1.807) is 0 Å². The van der Waals surface area contributed by atoms with Crippen LogP contribution in [0, 0.1) is 6.92 Å². The number of nitrogens with one attached hydrogen (secondary N) is 1. The zero-order valence-electron chi connectivity index (χ0n) is 22.1. The molecule has 2 heterocycles. The standard InChI is InChI=1S/C31H33N5O2/c1-4-35(21-23-11-6-5-7-12-23)20-10-19-32-30(37)28-27-25-13-8-9-14-26(25)34(3)29(27)31(38)36(33-28)24-17-15-22(2)16-18-24/h5-9,11-18H,4,10,19-21H2,1-3H3,(H,32,37). The third-order valence-electron chi connectivity index (χ3n) is 7.07. The Bertz CT molecular complexity index is 1640. The van der Waals surface area contributed by atoms with Gasteiger partial charge in [-0.05, 0) is 43.7 Å². The van der Waals surface area contributed by atoms with Crippen molar-refractivity contribution in [2.45, 2.75) is 26.8 Å². The quantitative estimate of drug-likeness (QED) is 0.290. The molecule has 0 saturated carbocycles. The van der Waals surface area contributed by atoms with Gasteiger partial charge in [-0.2, -0.15) is 9.78 Å². The molecule has 0 aliphatic heterocycles. The average molecular weight is 508 g/mol. The first kappa shape index (κ1) is 25.4.